The van der Waals surface area contributed by atoms with E-state index in [1.807, 2.05) is 42.5 Å². The van der Waals surface area contributed by atoms with Gasteiger partial charge < -0.3 is 9.13 Å². The highest BCUT2D eigenvalue weighted by Crippen LogP contribution is 1.95. The van der Waals surface area contributed by atoms with Gasteiger partial charge in [-0.1, -0.05) is 7.43 Å². The molecule has 0 fully saturated rings. The van der Waals surface area contributed by atoms with Crippen molar-refractivity contribution in [2.24, 2.45) is 14.1 Å². The van der Waals surface area contributed by atoms with Gasteiger partial charge in [0.2, 0.25) is 0 Å². The highest BCUT2D eigenvalue weighted by Gasteiger charge is 1.84. The molecule has 0 N–H and O–H groups in total. The topological polar surface area (TPSA) is 35.6 Å². The van der Waals surface area contributed by atoms with Gasteiger partial charge in [-0.3, -0.25) is 0 Å². The van der Waals surface area contributed by atoms with E-state index in [1.54, 1.807) is 12.7 Å². The van der Waals surface area contributed by atoms with Gasteiger partial charge >= 0.3 is 0 Å². The molecule has 0 unspecified atom stereocenters. The Bertz CT molecular complexity index is 320. The molecule has 5 heteroatoms. The van der Waals surface area contributed by atoms with Gasteiger partial charge in [0.25, 0.3) is 0 Å². The maximum atomic E-state index is 3.98. The summed E-state index contributed by atoms with van der Waals surface area (Å²) in [5.41, 5.74) is 1.07. The highest BCUT2D eigenvalue weighted by molar-refractivity contribution is 14.1. The van der Waals surface area contributed by atoms with Crippen LogP contribution in [0.5, 0.6) is 0 Å². The predicted octanol–water partition coefficient (Wildman–Crippen LogP) is 2.39. The Kier molecular flexibility index (Phi) is 6.23. The molecule has 0 aliphatic carbocycles. The van der Waals surface area contributed by atoms with Gasteiger partial charge in [-0.15, -0.1) is 0 Å². The summed E-state index contributed by atoms with van der Waals surface area (Å²) in [5.74, 6) is 0. The van der Waals surface area contributed by atoms with Crippen LogP contribution in [0, 0.1) is 10.6 Å². The van der Waals surface area contributed by atoms with E-state index >= 15 is 0 Å². The van der Waals surface area contributed by atoms with Crippen LogP contribution in [0.2, 0.25) is 0 Å². The van der Waals surface area contributed by atoms with Gasteiger partial charge in [-0.05, 0) is 29.5 Å². The van der Waals surface area contributed by atoms with Gasteiger partial charge in [0.15, 0.2) is 0 Å². The minimum absolute atomic E-state index is 0. The van der Waals surface area contributed by atoms with Crippen molar-refractivity contribution < 1.29 is 0 Å². The Morgan fingerprint density at radius 2 is 1.60 bits per heavy atom. The third kappa shape index (κ3) is 5.56. The molecular weight excluding hydrogens is 303 g/mol. The quantitative estimate of drug-likeness (QED) is 0.699. The summed E-state index contributed by atoms with van der Waals surface area (Å²) in [5, 5.41) is 0. The maximum absolute atomic E-state index is 3.98. The van der Waals surface area contributed by atoms with E-state index in [1.165, 1.54) is 0 Å². The molecule has 0 saturated carbocycles. The van der Waals surface area contributed by atoms with Crippen molar-refractivity contribution in [3.63, 3.8) is 0 Å². The highest BCUT2D eigenvalue weighted by atomic mass is 127. The molecule has 2 aromatic heterocycles. The molecule has 0 aliphatic heterocycles. The third-order valence-electron chi connectivity index (χ3n) is 1.51. The third-order valence-corrected chi connectivity index (χ3v) is 2.06. The molecule has 0 radical (unpaired) electrons. The van der Waals surface area contributed by atoms with Crippen LogP contribution in [-0.2, 0) is 14.1 Å². The van der Waals surface area contributed by atoms with Crippen molar-refractivity contribution in [1.82, 2.24) is 19.1 Å². The lowest BCUT2D eigenvalue weighted by Crippen LogP contribution is -1.76. The van der Waals surface area contributed by atoms with Gasteiger partial charge in [0.05, 0.1) is 18.3 Å². The molecule has 4 nitrogen and oxygen atoms in total. The summed E-state index contributed by atoms with van der Waals surface area (Å²) in [6, 6.07) is 0. The van der Waals surface area contributed by atoms with Crippen molar-refractivity contribution >= 4 is 22.6 Å². The van der Waals surface area contributed by atoms with Crippen molar-refractivity contribution in [2.75, 3.05) is 0 Å². The molecule has 2 rings (SSSR count). The zero-order valence-corrected chi connectivity index (χ0v) is 10.6. The fourth-order valence-corrected chi connectivity index (χ4v) is 1.49. The van der Waals surface area contributed by atoms with Gasteiger partial charge in [0, 0.05) is 26.5 Å². The number of nitrogens with zero attached hydrogens (tertiary/aromatic N) is 4. The van der Waals surface area contributed by atoms with Crippen molar-refractivity contribution in [1.29, 1.82) is 0 Å². The molecule has 0 amide bonds. The second kappa shape index (κ2) is 6.60. The van der Waals surface area contributed by atoms with E-state index < -0.39 is 0 Å². The average molecular weight is 320 g/mol. The SMILES string of the molecule is C.Cc1cn(C)cn1.Cn1cnc(I)c1. The first-order chi connectivity index (χ1) is 6.58. The predicted molar refractivity (Wildman–Crippen MR) is 70.6 cm³/mol. The van der Waals surface area contributed by atoms with Gasteiger partial charge in [-0.2, -0.15) is 0 Å². The summed E-state index contributed by atoms with van der Waals surface area (Å²) in [6.07, 6.45) is 7.50. The van der Waals surface area contributed by atoms with Crippen molar-refractivity contribution in [2.45, 2.75) is 14.4 Å². The second-order valence-electron chi connectivity index (χ2n) is 3.04. The van der Waals surface area contributed by atoms with Crippen molar-refractivity contribution in [3.05, 3.63) is 34.4 Å². The van der Waals surface area contributed by atoms with E-state index in [9.17, 15) is 0 Å². The Balaban J connectivity index is 0.000000245. The molecule has 84 valence electrons. The molecular formula is C10H17IN4. The number of halogens is 1. The summed E-state index contributed by atoms with van der Waals surface area (Å²) in [4.78, 5) is 7.94. The second-order valence-corrected chi connectivity index (χ2v) is 4.15. The number of hydrogen-bond acceptors (Lipinski definition) is 2. The minimum Gasteiger partial charge on any atom is -0.340 e. The first kappa shape index (κ1) is 14.2. The Labute approximate surface area is 104 Å². The first-order valence-electron chi connectivity index (χ1n) is 4.16. The van der Waals surface area contributed by atoms with Crippen LogP contribution >= 0.6 is 22.6 Å². The molecule has 0 aliphatic rings. The Morgan fingerprint density at radius 3 is 1.73 bits per heavy atom. The summed E-state index contributed by atoms with van der Waals surface area (Å²) >= 11 is 2.17. The lowest BCUT2D eigenvalue weighted by Gasteiger charge is -1.78. The normalized spacial score (nSPS) is 8.80. The molecule has 0 aromatic carbocycles. The van der Waals surface area contributed by atoms with Crippen LogP contribution in [-0.4, -0.2) is 19.1 Å². The van der Waals surface area contributed by atoms with E-state index in [2.05, 4.69) is 32.6 Å². The number of aromatic nitrogens is 4. The fourth-order valence-electron chi connectivity index (χ4n) is 0.924. The molecule has 0 atom stereocenters. The Hall–Kier alpha value is -0.850. The molecule has 15 heavy (non-hydrogen) atoms. The zero-order valence-electron chi connectivity index (χ0n) is 8.48. The molecule has 0 saturated heterocycles. The van der Waals surface area contributed by atoms with Crippen LogP contribution in [0.15, 0.2) is 25.0 Å². The number of rotatable bonds is 0. The molecule has 0 bridgehead atoms. The van der Waals surface area contributed by atoms with E-state index in [0.717, 1.165) is 9.39 Å². The van der Waals surface area contributed by atoms with Crippen molar-refractivity contribution in [3.8, 4) is 0 Å². The van der Waals surface area contributed by atoms with Gasteiger partial charge in [0.1, 0.15) is 3.70 Å². The summed E-state index contributed by atoms with van der Waals surface area (Å²) in [6.45, 7) is 1.97. The van der Waals surface area contributed by atoms with E-state index in [4.69, 9.17) is 0 Å². The fraction of sp³-hybridized carbons (Fsp3) is 0.400. The summed E-state index contributed by atoms with van der Waals surface area (Å²) in [7, 11) is 3.91. The molecule has 0 spiro atoms. The molecule has 2 aromatic rings. The lowest BCUT2D eigenvalue weighted by molar-refractivity contribution is 0.913. The maximum Gasteiger partial charge on any atom is 0.119 e. The smallest absolute Gasteiger partial charge is 0.119 e. The number of imidazole rings is 2. The van der Waals surface area contributed by atoms with Crippen LogP contribution < -0.4 is 0 Å². The van der Waals surface area contributed by atoms with Crippen LogP contribution in [0.25, 0.3) is 0 Å². The minimum atomic E-state index is 0. The number of hydrogen-bond donors (Lipinski definition) is 0. The largest absolute Gasteiger partial charge is 0.340 e. The standard InChI is InChI=1S/C5H8N2.C4H5IN2.CH4/c1-5-3-7(2)4-6-5;1-7-2-4(5)6-3-7;/h3-4H,1-2H3;2-3H,1H3;1H4. The van der Waals surface area contributed by atoms with Gasteiger partial charge in [-0.25, -0.2) is 9.97 Å². The zero-order chi connectivity index (χ0) is 10.6. The lowest BCUT2D eigenvalue weighted by atomic mass is 10.6. The number of aryl methyl sites for hydroxylation is 3. The summed E-state index contributed by atoms with van der Waals surface area (Å²) < 4.78 is 4.89. The first-order valence-corrected chi connectivity index (χ1v) is 5.24. The van der Waals surface area contributed by atoms with Crippen LogP contribution in [0.4, 0.5) is 0 Å². The monoisotopic (exact) mass is 320 g/mol. The van der Waals surface area contributed by atoms with Crippen LogP contribution in [0.3, 0.4) is 0 Å². The molecule has 2 heterocycles. The average Bonchev–Trinajstić information content (AvgIpc) is 2.63. The van der Waals surface area contributed by atoms with E-state index in [-0.39, 0.29) is 7.43 Å². The van der Waals surface area contributed by atoms with Crippen LogP contribution in [0.1, 0.15) is 13.1 Å². The Morgan fingerprint density at radius 1 is 1.07 bits per heavy atom. The van der Waals surface area contributed by atoms with E-state index in [0.29, 0.717) is 0 Å².